The van der Waals surface area contributed by atoms with Gasteiger partial charge in [-0.05, 0) is 12.8 Å². The Morgan fingerprint density at radius 2 is 2.46 bits per heavy atom. The molecule has 1 aromatic heterocycles. The zero-order valence-corrected chi connectivity index (χ0v) is 8.33. The van der Waals surface area contributed by atoms with Crippen molar-refractivity contribution in [1.82, 2.24) is 9.55 Å². The van der Waals surface area contributed by atoms with E-state index < -0.39 is 0 Å². The van der Waals surface area contributed by atoms with Crippen molar-refractivity contribution in [2.24, 2.45) is 12.8 Å². The fourth-order valence-electron chi connectivity index (χ4n) is 1.28. The first-order valence-electron chi connectivity index (χ1n) is 4.53. The van der Waals surface area contributed by atoms with Crippen molar-refractivity contribution in [3.8, 4) is 0 Å². The third-order valence-electron chi connectivity index (χ3n) is 2.24. The molecule has 0 saturated carbocycles. The predicted octanol–water partition coefficient (Wildman–Crippen LogP) is 1.78. The highest BCUT2D eigenvalue weighted by Gasteiger charge is 2.09. The maximum Gasteiger partial charge on any atom is 0.0946 e. The van der Waals surface area contributed by atoms with Crippen LogP contribution in [0.3, 0.4) is 0 Å². The van der Waals surface area contributed by atoms with Gasteiger partial charge in [0.05, 0.1) is 18.1 Å². The number of nitrogens with zero attached hydrogens (tertiary/aromatic N) is 2. The Balaban J connectivity index is 2.63. The summed E-state index contributed by atoms with van der Waals surface area (Å²) < 4.78 is 1.95. The monoisotopic (exact) mass is 179 g/mol. The van der Waals surface area contributed by atoms with Crippen LogP contribution >= 0.6 is 0 Å². The van der Waals surface area contributed by atoms with Crippen molar-refractivity contribution in [2.45, 2.75) is 25.8 Å². The van der Waals surface area contributed by atoms with Gasteiger partial charge in [0.2, 0.25) is 0 Å². The van der Waals surface area contributed by atoms with Crippen LogP contribution in [-0.4, -0.2) is 9.55 Å². The summed E-state index contributed by atoms with van der Waals surface area (Å²) in [5, 5.41) is 0. The van der Waals surface area contributed by atoms with Gasteiger partial charge in [0, 0.05) is 13.2 Å². The Hall–Kier alpha value is -1.09. The molecule has 13 heavy (non-hydrogen) atoms. The van der Waals surface area contributed by atoms with E-state index >= 15 is 0 Å². The zero-order chi connectivity index (χ0) is 9.84. The summed E-state index contributed by atoms with van der Waals surface area (Å²) in [4.78, 5) is 4.03. The van der Waals surface area contributed by atoms with Gasteiger partial charge in [-0.2, -0.15) is 0 Å². The van der Waals surface area contributed by atoms with E-state index in [1.807, 2.05) is 17.8 Å². The molecule has 1 atom stereocenters. The van der Waals surface area contributed by atoms with Crippen LogP contribution in [0.1, 0.15) is 31.5 Å². The molecule has 0 aliphatic rings. The van der Waals surface area contributed by atoms with Gasteiger partial charge in [0.25, 0.3) is 0 Å². The van der Waals surface area contributed by atoms with Crippen molar-refractivity contribution in [2.75, 3.05) is 0 Å². The summed E-state index contributed by atoms with van der Waals surface area (Å²) in [5.74, 6) is 0. The number of rotatable bonds is 4. The van der Waals surface area contributed by atoms with Crippen LogP contribution in [0.5, 0.6) is 0 Å². The molecule has 1 aromatic rings. The molecule has 0 aliphatic heterocycles. The minimum absolute atomic E-state index is 0.0277. The second kappa shape index (κ2) is 4.23. The standard InChI is InChI=1S/C10H17N3/c1-4-8(2)5-9(11)10-6-12-7-13(10)3/h6-7,9H,2,4-5,11H2,1,3H3. The van der Waals surface area contributed by atoms with Crippen molar-refractivity contribution in [3.05, 3.63) is 30.4 Å². The largest absolute Gasteiger partial charge is 0.336 e. The van der Waals surface area contributed by atoms with Gasteiger partial charge in [-0.3, -0.25) is 0 Å². The SMILES string of the molecule is C=C(CC)CC(N)c1cncn1C. The van der Waals surface area contributed by atoms with Crippen molar-refractivity contribution in [1.29, 1.82) is 0 Å². The van der Waals surface area contributed by atoms with Gasteiger partial charge in [-0.1, -0.05) is 19.1 Å². The summed E-state index contributed by atoms with van der Waals surface area (Å²) in [5.41, 5.74) is 8.25. The molecule has 0 aliphatic carbocycles. The summed E-state index contributed by atoms with van der Waals surface area (Å²) >= 11 is 0. The predicted molar refractivity (Wildman–Crippen MR) is 54.2 cm³/mol. The highest BCUT2D eigenvalue weighted by atomic mass is 15.0. The molecular formula is C10H17N3. The van der Waals surface area contributed by atoms with E-state index in [2.05, 4.69) is 18.5 Å². The fraction of sp³-hybridized carbons (Fsp3) is 0.500. The van der Waals surface area contributed by atoms with Gasteiger partial charge in [0.15, 0.2) is 0 Å². The highest BCUT2D eigenvalue weighted by Crippen LogP contribution is 2.18. The lowest BCUT2D eigenvalue weighted by molar-refractivity contribution is 0.644. The second-order valence-electron chi connectivity index (χ2n) is 3.34. The molecule has 2 N–H and O–H groups in total. The molecule has 0 fully saturated rings. The van der Waals surface area contributed by atoms with Gasteiger partial charge in [-0.15, -0.1) is 0 Å². The van der Waals surface area contributed by atoms with Crippen LogP contribution in [0, 0.1) is 0 Å². The lowest BCUT2D eigenvalue weighted by atomic mass is 10.0. The Kier molecular flexibility index (Phi) is 3.25. The minimum Gasteiger partial charge on any atom is -0.336 e. The number of imidazole rings is 1. The number of aromatic nitrogens is 2. The summed E-state index contributed by atoms with van der Waals surface area (Å²) in [7, 11) is 1.96. The lowest BCUT2D eigenvalue weighted by Gasteiger charge is -2.12. The number of nitrogens with two attached hydrogens (primary N) is 1. The van der Waals surface area contributed by atoms with E-state index in [1.165, 1.54) is 5.57 Å². The average Bonchev–Trinajstić information content (AvgIpc) is 2.51. The molecule has 0 spiro atoms. The number of hydrogen-bond donors (Lipinski definition) is 1. The quantitative estimate of drug-likeness (QED) is 0.716. The zero-order valence-electron chi connectivity index (χ0n) is 8.33. The van der Waals surface area contributed by atoms with E-state index in [0.29, 0.717) is 0 Å². The minimum atomic E-state index is 0.0277. The Labute approximate surface area is 79.3 Å². The maximum atomic E-state index is 6.00. The summed E-state index contributed by atoms with van der Waals surface area (Å²) in [6.07, 6.45) is 5.42. The van der Waals surface area contributed by atoms with Crippen LogP contribution in [0.25, 0.3) is 0 Å². The van der Waals surface area contributed by atoms with Gasteiger partial charge >= 0.3 is 0 Å². The number of hydrogen-bond acceptors (Lipinski definition) is 2. The maximum absolute atomic E-state index is 6.00. The Morgan fingerprint density at radius 3 is 2.92 bits per heavy atom. The van der Waals surface area contributed by atoms with Crippen LogP contribution in [0.2, 0.25) is 0 Å². The van der Waals surface area contributed by atoms with E-state index in [-0.39, 0.29) is 6.04 Å². The van der Waals surface area contributed by atoms with Crippen LogP contribution in [0.4, 0.5) is 0 Å². The van der Waals surface area contributed by atoms with E-state index in [9.17, 15) is 0 Å². The molecule has 3 heteroatoms. The number of aryl methyl sites for hydroxylation is 1. The third-order valence-corrected chi connectivity index (χ3v) is 2.24. The molecule has 1 unspecified atom stereocenters. The first kappa shape index (κ1) is 9.99. The molecule has 0 saturated heterocycles. The van der Waals surface area contributed by atoms with Crippen LogP contribution in [-0.2, 0) is 7.05 Å². The summed E-state index contributed by atoms with van der Waals surface area (Å²) in [6, 6.07) is 0.0277. The lowest BCUT2D eigenvalue weighted by Crippen LogP contribution is -2.14. The third kappa shape index (κ3) is 2.42. The fourth-order valence-corrected chi connectivity index (χ4v) is 1.28. The molecule has 0 amide bonds. The van der Waals surface area contributed by atoms with Crippen LogP contribution < -0.4 is 5.73 Å². The van der Waals surface area contributed by atoms with Gasteiger partial charge in [0.1, 0.15) is 0 Å². The molecule has 1 rings (SSSR count). The van der Waals surface area contributed by atoms with Crippen molar-refractivity contribution >= 4 is 0 Å². The first-order valence-corrected chi connectivity index (χ1v) is 4.53. The molecular weight excluding hydrogens is 162 g/mol. The summed E-state index contributed by atoms with van der Waals surface area (Å²) in [6.45, 7) is 6.04. The van der Waals surface area contributed by atoms with E-state index in [1.54, 1.807) is 6.33 Å². The van der Waals surface area contributed by atoms with Crippen molar-refractivity contribution in [3.63, 3.8) is 0 Å². The normalized spacial score (nSPS) is 12.8. The molecule has 0 bridgehead atoms. The topological polar surface area (TPSA) is 43.8 Å². The Morgan fingerprint density at radius 1 is 1.77 bits per heavy atom. The van der Waals surface area contributed by atoms with E-state index in [4.69, 9.17) is 5.73 Å². The molecule has 0 aromatic carbocycles. The van der Waals surface area contributed by atoms with Crippen LogP contribution in [0.15, 0.2) is 24.7 Å². The van der Waals surface area contributed by atoms with Crippen molar-refractivity contribution < 1.29 is 0 Å². The second-order valence-corrected chi connectivity index (χ2v) is 3.34. The van der Waals surface area contributed by atoms with Gasteiger partial charge < -0.3 is 10.3 Å². The average molecular weight is 179 g/mol. The Bertz CT molecular complexity index is 288. The smallest absolute Gasteiger partial charge is 0.0946 e. The van der Waals surface area contributed by atoms with E-state index in [0.717, 1.165) is 18.5 Å². The first-order chi connectivity index (χ1) is 6.15. The molecule has 72 valence electrons. The van der Waals surface area contributed by atoms with Gasteiger partial charge in [-0.25, -0.2) is 4.98 Å². The molecule has 0 radical (unpaired) electrons. The molecule has 1 heterocycles. The molecule has 3 nitrogen and oxygen atoms in total. The highest BCUT2D eigenvalue weighted by molar-refractivity contribution is 5.08.